The number of hydrogen-bond acceptors (Lipinski definition) is 6. The van der Waals surface area contributed by atoms with Crippen molar-refractivity contribution in [2.75, 3.05) is 0 Å². The van der Waals surface area contributed by atoms with Crippen molar-refractivity contribution in [1.29, 1.82) is 0 Å². The molecular weight excluding hydrogens is 418 g/mol. The first kappa shape index (κ1) is 21.9. The number of aromatic nitrogens is 2. The topological polar surface area (TPSA) is 55.3 Å². The Labute approximate surface area is 192 Å². The fourth-order valence-electron chi connectivity index (χ4n) is 3.34. The lowest BCUT2D eigenvalue weighted by molar-refractivity contribution is 0.101. The van der Waals surface area contributed by atoms with E-state index in [4.69, 9.17) is 4.74 Å². The van der Waals surface area contributed by atoms with Crippen LogP contribution in [0, 0.1) is 0 Å². The first-order valence-electron chi connectivity index (χ1n) is 10.5. The van der Waals surface area contributed by atoms with Crippen molar-refractivity contribution in [1.82, 2.24) is 14.9 Å². The Morgan fingerprint density at radius 1 is 0.875 bits per heavy atom. The Hall–Kier alpha value is -3.35. The predicted octanol–water partition coefficient (Wildman–Crippen LogP) is 5.52. The molecule has 0 saturated heterocycles. The van der Waals surface area contributed by atoms with Crippen LogP contribution in [0.3, 0.4) is 0 Å². The summed E-state index contributed by atoms with van der Waals surface area (Å²) in [4.78, 5) is 22.5. The summed E-state index contributed by atoms with van der Waals surface area (Å²) in [5, 5.41) is 2.77. The molecule has 0 aliphatic heterocycles. The van der Waals surface area contributed by atoms with Crippen LogP contribution < -0.4 is 4.74 Å². The number of carbonyl (C=O) groups is 1. The van der Waals surface area contributed by atoms with E-state index in [1.807, 2.05) is 60.2 Å². The van der Waals surface area contributed by atoms with Gasteiger partial charge in [-0.05, 0) is 41.0 Å². The van der Waals surface area contributed by atoms with Crippen LogP contribution in [0.1, 0.15) is 39.1 Å². The molecular formula is C26H25N3O2S. The lowest BCUT2D eigenvalue weighted by Crippen LogP contribution is -2.22. The van der Waals surface area contributed by atoms with Crippen molar-refractivity contribution >= 4 is 17.1 Å². The Bertz CT molecular complexity index is 1130. The third-order valence-corrected chi connectivity index (χ3v) is 5.84. The standard InChI is InChI=1S/C26H25N3O2S/c1-20(30)25-19-32-26(28-25)17-29(16-22-11-13-27-14-12-22)15-21-7-9-24(10-8-21)31-18-23-5-3-2-4-6-23/h2-14,19H,15-18H2,1H3. The summed E-state index contributed by atoms with van der Waals surface area (Å²) in [6.07, 6.45) is 3.62. The van der Waals surface area contributed by atoms with Crippen molar-refractivity contribution in [3.63, 3.8) is 0 Å². The molecule has 0 radical (unpaired) electrons. The summed E-state index contributed by atoms with van der Waals surface area (Å²) in [5.74, 6) is 0.851. The monoisotopic (exact) mass is 443 g/mol. The minimum absolute atomic E-state index is 0.000671. The number of thiazole rings is 1. The van der Waals surface area contributed by atoms with Crippen LogP contribution in [0.2, 0.25) is 0 Å². The van der Waals surface area contributed by atoms with Crippen molar-refractivity contribution in [3.8, 4) is 5.75 Å². The quantitative estimate of drug-likeness (QED) is 0.302. The van der Waals surface area contributed by atoms with Crippen LogP contribution in [-0.2, 0) is 26.2 Å². The summed E-state index contributed by atoms with van der Waals surface area (Å²) in [6, 6.07) is 22.4. The highest BCUT2D eigenvalue weighted by atomic mass is 32.1. The third kappa shape index (κ3) is 6.33. The molecule has 0 bridgehead atoms. The smallest absolute Gasteiger partial charge is 0.178 e. The van der Waals surface area contributed by atoms with E-state index in [0.29, 0.717) is 18.8 Å². The first-order chi connectivity index (χ1) is 15.7. The fraction of sp³-hybridized carbons (Fsp3) is 0.192. The van der Waals surface area contributed by atoms with Crippen molar-refractivity contribution < 1.29 is 9.53 Å². The highest BCUT2D eigenvalue weighted by molar-refractivity contribution is 7.09. The molecule has 162 valence electrons. The van der Waals surface area contributed by atoms with Gasteiger partial charge in [0, 0.05) is 37.8 Å². The molecule has 2 heterocycles. The number of hydrogen-bond donors (Lipinski definition) is 0. The zero-order valence-corrected chi connectivity index (χ0v) is 18.8. The minimum Gasteiger partial charge on any atom is -0.489 e. The summed E-state index contributed by atoms with van der Waals surface area (Å²) in [7, 11) is 0. The van der Waals surface area contributed by atoms with E-state index in [-0.39, 0.29) is 5.78 Å². The molecule has 0 saturated carbocycles. The molecule has 0 amide bonds. The average molecular weight is 444 g/mol. The van der Waals surface area contributed by atoms with Gasteiger partial charge in [0.05, 0.1) is 6.54 Å². The second kappa shape index (κ2) is 10.8. The van der Waals surface area contributed by atoms with Gasteiger partial charge >= 0.3 is 0 Å². The Morgan fingerprint density at radius 2 is 1.56 bits per heavy atom. The molecule has 0 aliphatic carbocycles. The number of ketones is 1. The van der Waals surface area contributed by atoms with Gasteiger partial charge in [-0.1, -0.05) is 42.5 Å². The van der Waals surface area contributed by atoms with Gasteiger partial charge in [0.1, 0.15) is 23.1 Å². The van der Waals surface area contributed by atoms with Gasteiger partial charge < -0.3 is 4.74 Å². The second-order valence-corrected chi connectivity index (χ2v) is 8.54. The minimum atomic E-state index is -0.000671. The number of carbonyl (C=O) groups excluding carboxylic acids is 1. The van der Waals surface area contributed by atoms with E-state index in [0.717, 1.165) is 29.4 Å². The molecule has 4 rings (SSSR count). The molecule has 2 aromatic heterocycles. The van der Waals surface area contributed by atoms with Gasteiger partial charge in [-0.25, -0.2) is 4.98 Å². The van der Waals surface area contributed by atoms with Crippen LogP contribution in [0.4, 0.5) is 0 Å². The zero-order valence-electron chi connectivity index (χ0n) is 18.0. The van der Waals surface area contributed by atoms with E-state index in [2.05, 4.69) is 39.1 Å². The number of nitrogens with zero attached hydrogens (tertiary/aromatic N) is 3. The van der Waals surface area contributed by atoms with E-state index in [1.54, 1.807) is 6.92 Å². The summed E-state index contributed by atoms with van der Waals surface area (Å²) >= 11 is 1.53. The number of pyridine rings is 1. The lowest BCUT2D eigenvalue weighted by atomic mass is 10.2. The molecule has 5 nitrogen and oxygen atoms in total. The Morgan fingerprint density at radius 3 is 2.22 bits per heavy atom. The maximum atomic E-state index is 11.6. The lowest BCUT2D eigenvalue weighted by Gasteiger charge is -2.21. The third-order valence-electron chi connectivity index (χ3n) is 5.00. The maximum Gasteiger partial charge on any atom is 0.178 e. The molecule has 4 aromatic rings. The SMILES string of the molecule is CC(=O)c1csc(CN(Cc2ccncc2)Cc2ccc(OCc3ccccc3)cc2)n1. The molecule has 0 N–H and O–H groups in total. The van der Waals surface area contributed by atoms with Crippen LogP contribution in [0.25, 0.3) is 0 Å². The Balaban J connectivity index is 1.42. The highest BCUT2D eigenvalue weighted by Crippen LogP contribution is 2.20. The first-order valence-corrected chi connectivity index (χ1v) is 11.4. The fourth-order valence-corrected chi connectivity index (χ4v) is 4.22. The van der Waals surface area contributed by atoms with E-state index >= 15 is 0 Å². The number of rotatable bonds is 10. The van der Waals surface area contributed by atoms with E-state index < -0.39 is 0 Å². The zero-order chi connectivity index (χ0) is 22.2. The molecule has 0 aliphatic rings. The Kier molecular flexibility index (Phi) is 7.38. The predicted molar refractivity (Wildman–Crippen MR) is 127 cm³/mol. The van der Waals surface area contributed by atoms with Crippen LogP contribution in [-0.4, -0.2) is 20.7 Å². The van der Waals surface area contributed by atoms with Crippen molar-refractivity contribution in [3.05, 3.63) is 112 Å². The average Bonchev–Trinajstić information content (AvgIpc) is 3.29. The maximum absolute atomic E-state index is 11.6. The van der Waals surface area contributed by atoms with Gasteiger partial charge in [-0.15, -0.1) is 11.3 Å². The molecule has 32 heavy (non-hydrogen) atoms. The molecule has 0 spiro atoms. The van der Waals surface area contributed by atoms with Crippen molar-refractivity contribution in [2.24, 2.45) is 0 Å². The van der Waals surface area contributed by atoms with Crippen LogP contribution in [0.15, 0.2) is 84.5 Å². The molecule has 6 heteroatoms. The largest absolute Gasteiger partial charge is 0.489 e. The van der Waals surface area contributed by atoms with Gasteiger partial charge in [0.2, 0.25) is 0 Å². The number of benzene rings is 2. The molecule has 0 atom stereocenters. The molecule has 0 unspecified atom stereocenters. The van der Waals surface area contributed by atoms with Crippen molar-refractivity contribution in [2.45, 2.75) is 33.2 Å². The summed E-state index contributed by atoms with van der Waals surface area (Å²) < 4.78 is 5.91. The second-order valence-electron chi connectivity index (χ2n) is 7.60. The summed E-state index contributed by atoms with van der Waals surface area (Å²) in [6.45, 7) is 4.30. The van der Waals surface area contributed by atoms with Gasteiger partial charge in [0.15, 0.2) is 5.78 Å². The number of ether oxygens (including phenoxy) is 1. The highest BCUT2D eigenvalue weighted by Gasteiger charge is 2.13. The van der Waals surface area contributed by atoms with E-state index in [1.165, 1.54) is 22.5 Å². The number of Topliss-reactive ketones (excluding diaryl/α,β-unsaturated/α-hetero) is 1. The molecule has 0 fully saturated rings. The normalized spacial score (nSPS) is 10.9. The summed E-state index contributed by atoms with van der Waals surface area (Å²) in [5.41, 5.74) is 4.06. The van der Waals surface area contributed by atoms with E-state index in [9.17, 15) is 4.79 Å². The van der Waals surface area contributed by atoms with Crippen LogP contribution in [0.5, 0.6) is 5.75 Å². The van der Waals surface area contributed by atoms with Crippen LogP contribution >= 0.6 is 11.3 Å². The van der Waals surface area contributed by atoms with Gasteiger partial charge in [-0.2, -0.15) is 0 Å². The van der Waals surface area contributed by atoms with Gasteiger partial charge in [-0.3, -0.25) is 14.7 Å². The molecule has 2 aromatic carbocycles. The van der Waals surface area contributed by atoms with Gasteiger partial charge in [0.25, 0.3) is 0 Å².